The summed E-state index contributed by atoms with van der Waals surface area (Å²) >= 11 is 0. The van der Waals surface area contributed by atoms with Crippen molar-refractivity contribution in [3.05, 3.63) is 59.6 Å². The van der Waals surface area contributed by atoms with Gasteiger partial charge in [-0.3, -0.25) is 9.69 Å². The van der Waals surface area contributed by atoms with Crippen molar-refractivity contribution in [3.8, 4) is 0 Å². The van der Waals surface area contributed by atoms with Crippen molar-refractivity contribution in [1.29, 1.82) is 0 Å². The Bertz CT molecular complexity index is 1430. The summed E-state index contributed by atoms with van der Waals surface area (Å²) in [5.41, 5.74) is 0.499. The highest BCUT2D eigenvalue weighted by Gasteiger charge is 2.42. The van der Waals surface area contributed by atoms with E-state index in [1.807, 2.05) is 17.0 Å². The van der Waals surface area contributed by atoms with E-state index in [9.17, 15) is 22.8 Å². The van der Waals surface area contributed by atoms with E-state index in [1.54, 1.807) is 34.1 Å². The Labute approximate surface area is 240 Å². The number of aromatic nitrogens is 2. The Hall–Kier alpha value is -4.29. The lowest BCUT2D eigenvalue weighted by Gasteiger charge is -2.35. The second-order valence-electron chi connectivity index (χ2n) is 10.7. The Kier molecular flexibility index (Phi) is 7.65. The lowest BCUT2D eigenvalue weighted by Crippen LogP contribution is -2.49. The number of anilines is 4. The number of halogens is 3. The highest BCUT2D eigenvalue weighted by atomic mass is 19.4. The zero-order valence-electron chi connectivity index (χ0n) is 22.9. The van der Waals surface area contributed by atoms with Gasteiger partial charge in [-0.05, 0) is 62.3 Å². The largest absolute Gasteiger partial charge is 0.446 e. The summed E-state index contributed by atoms with van der Waals surface area (Å²) in [6, 6.07) is 10.3. The van der Waals surface area contributed by atoms with Crippen LogP contribution < -0.4 is 15.1 Å². The fraction of sp³-hybridized carbons (Fsp3) is 0.448. The third-order valence-electron chi connectivity index (χ3n) is 7.87. The Morgan fingerprint density at radius 1 is 0.976 bits per heavy atom. The van der Waals surface area contributed by atoms with Gasteiger partial charge >= 0.3 is 18.3 Å². The molecule has 1 saturated heterocycles. The van der Waals surface area contributed by atoms with Gasteiger partial charge < -0.3 is 24.3 Å². The van der Waals surface area contributed by atoms with E-state index < -0.39 is 23.5 Å². The summed E-state index contributed by atoms with van der Waals surface area (Å²) in [6.45, 7) is 2.49. The number of piperazine rings is 1. The topological polar surface area (TPSA) is 104 Å². The second kappa shape index (κ2) is 11.5. The van der Waals surface area contributed by atoms with Crippen LogP contribution in [-0.4, -0.2) is 65.7 Å². The first kappa shape index (κ1) is 27.9. The number of nitrogens with zero attached hydrogens (tertiary/aromatic N) is 5. The summed E-state index contributed by atoms with van der Waals surface area (Å²) in [4.78, 5) is 38.7. The smallest absolute Gasteiger partial charge is 0.437 e. The predicted molar refractivity (Wildman–Crippen MR) is 148 cm³/mol. The van der Waals surface area contributed by atoms with Crippen LogP contribution in [0, 0.1) is 0 Å². The summed E-state index contributed by atoms with van der Waals surface area (Å²) in [6.07, 6.45) is 1.72. The van der Waals surface area contributed by atoms with Gasteiger partial charge in [0.25, 0.3) is 5.91 Å². The molecule has 13 heteroatoms. The minimum Gasteiger partial charge on any atom is -0.446 e. The molecule has 2 amide bonds. The molecule has 4 heterocycles. The number of fused-ring (bicyclic) bond motifs is 1. The number of nitrogens with one attached hydrogen (secondary N) is 1. The zero-order valence-corrected chi connectivity index (χ0v) is 22.9. The van der Waals surface area contributed by atoms with E-state index in [1.165, 1.54) is 6.20 Å². The van der Waals surface area contributed by atoms with Crippen molar-refractivity contribution >= 4 is 35.2 Å². The summed E-state index contributed by atoms with van der Waals surface area (Å²) < 4.78 is 52.7. The maximum absolute atomic E-state index is 13.9. The monoisotopic (exact) mass is 584 g/mol. The standard InChI is InChI=1S/C29H31F3N6O4/c30-29(31,32)25-24(42-27(35-25)38-13-5-7-19-6-1-4-10-22(19)38)26(39)34-20-11-12-23(33-18-20)36-14-16-37(17-15-36)28(40)41-21-8-2-3-9-21/h1,4,6,10-12,18,21H,2-3,5,7-9,13-17H2,(H,34,39). The molecule has 1 aliphatic carbocycles. The van der Waals surface area contributed by atoms with Crippen molar-refractivity contribution < 1.29 is 31.9 Å². The molecule has 1 aromatic carbocycles. The number of rotatable bonds is 5. The van der Waals surface area contributed by atoms with Crippen molar-refractivity contribution in [2.45, 2.75) is 50.8 Å². The van der Waals surface area contributed by atoms with Gasteiger partial charge in [0.1, 0.15) is 11.9 Å². The molecule has 2 fully saturated rings. The maximum atomic E-state index is 13.9. The lowest BCUT2D eigenvalue weighted by atomic mass is 10.0. The number of hydrogen-bond acceptors (Lipinski definition) is 8. The molecule has 0 spiro atoms. The predicted octanol–water partition coefficient (Wildman–Crippen LogP) is 5.63. The average molecular weight is 585 g/mol. The van der Waals surface area contributed by atoms with Crippen molar-refractivity contribution in [1.82, 2.24) is 14.9 Å². The number of aryl methyl sites for hydroxylation is 1. The molecule has 10 nitrogen and oxygen atoms in total. The van der Waals surface area contributed by atoms with Gasteiger partial charge in [0.2, 0.25) is 5.76 Å². The van der Waals surface area contributed by atoms with Gasteiger partial charge in [-0.25, -0.2) is 9.78 Å². The van der Waals surface area contributed by atoms with Gasteiger partial charge in [0, 0.05) is 38.4 Å². The first-order valence-electron chi connectivity index (χ1n) is 14.2. The summed E-state index contributed by atoms with van der Waals surface area (Å²) in [7, 11) is 0. The molecule has 1 N–H and O–H groups in total. The summed E-state index contributed by atoms with van der Waals surface area (Å²) in [5.74, 6) is -1.36. The average Bonchev–Trinajstić information content (AvgIpc) is 3.68. The number of amides is 2. The SMILES string of the molecule is O=C(Nc1ccc(N2CCN(C(=O)OC3CCCC3)CC2)nc1)c1oc(N2CCCc3ccccc32)nc1C(F)(F)F. The number of hydrogen-bond donors (Lipinski definition) is 1. The van der Waals surface area contributed by atoms with Crippen LogP contribution in [0.1, 0.15) is 53.9 Å². The number of carbonyl (C=O) groups is 2. The molecule has 0 unspecified atom stereocenters. The fourth-order valence-electron chi connectivity index (χ4n) is 5.68. The van der Waals surface area contributed by atoms with Crippen LogP contribution in [0.4, 0.5) is 41.2 Å². The van der Waals surface area contributed by atoms with Crippen molar-refractivity contribution in [2.75, 3.05) is 47.8 Å². The Morgan fingerprint density at radius 2 is 1.74 bits per heavy atom. The summed E-state index contributed by atoms with van der Waals surface area (Å²) in [5, 5.41) is 2.45. The number of oxazole rings is 1. The quantitative estimate of drug-likeness (QED) is 0.412. The van der Waals surface area contributed by atoms with Crippen LogP contribution in [0.15, 0.2) is 47.0 Å². The number of pyridine rings is 1. The van der Waals surface area contributed by atoms with Crippen molar-refractivity contribution in [3.63, 3.8) is 0 Å². The zero-order chi connectivity index (χ0) is 29.3. The van der Waals surface area contributed by atoms with Gasteiger partial charge in [-0.2, -0.15) is 18.2 Å². The molecule has 42 heavy (non-hydrogen) atoms. The second-order valence-corrected chi connectivity index (χ2v) is 10.7. The van der Waals surface area contributed by atoms with Crippen LogP contribution in [0.3, 0.4) is 0 Å². The van der Waals surface area contributed by atoms with E-state index in [0.29, 0.717) is 50.6 Å². The van der Waals surface area contributed by atoms with Gasteiger partial charge in [0.05, 0.1) is 11.9 Å². The third-order valence-corrected chi connectivity index (χ3v) is 7.87. The van der Waals surface area contributed by atoms with Gasteiger partial charge in [-0.15, -0.1) is 0 Å². The molecule has 0 bridgehead atoms. The first-order valence-corrected chi connectivity index (χ1v) is 14.2. The molecule has 222 valence electrons. The minimum absolute atomic E-state index is 0.0113. The highest BCUT2D eigenvalue weighted by Crippen LogP contribution is 2.38. The maximum Gasteiger partial charge on any atom is 0.437 e. The van der Waals surface area contributed by atoms with Crippen molar-refractivity contribution in [2.24, 2.45) is 0 Å². The lowest BCUT2D eigenvalue weighted by molar-refractivity contribution is -0.141. The van der Waals surface area contributed by atoms with Gasteiger partial charge in [0.15, 0.2) is 5.69 Å². The number of benzene rings is 1. The van der Waals surface area contributed by atoms with Gasteiger partial charge in [-0.1, -0.05) is 18.2 Å². The van der Waals surface area contributed by atoms with Crippen LogP contribution in [0.2, 0.25) is 0 Å². The van der Waals surface area contributed by atoms with E-state index in [0.717, 1.165) is 37.7 Å². The number of ether oxygens (including phenoxy) is 1. The highest BCUT2D eigenvalue weighted by molar-refractivity contribution is 6.03. The van der Waals surface area contributed by atoms with Crippen LogP contribution in [0.25, 0.3) is 0 Å². The molecule has 2 aromatic heterocycles. The van der Waals surface area contributed by atoms with Crippen LogP contribution in [0.5, 0.6) is 0 Å². The number of para-hydroxylation sites is 1. The number of carbonyl (C=O) groups excluding carboxylic acids is 2. The molecule has 0 radical (unpaired) electrons. The number of alkyl halides is 3. The first-order chi connectivity index (χ1) is 20.3. The van der Waals surface area contributed by atoms with Crippen LogP contribution >= 0.6 is 0 Å². The molecule has 1 saturated carbocycles. The third kappa shape index (κ3) is 5.86. The molecule has 6 rings (SSSR count). The molecule has 2 aliphatic heterocycles. The van der Waals surface area contributed by atoms with E-state index in [2.05, 4.69) is 15.3 Å². The molecule has 3 aliphatic rings. The molecular formula is C29H31F3N6O4. The van der Waals surface area contributed by atoms with E-state index >= 15 is 0 Å². The van der Waals surface area contributed by atoms with E-state index in [-0.39, 0.29) is 23.9 Å². The Morgan fingerprint density at radius 3 is 2.45 bits per heavy atom. The fourth-order valence-corrected chi connectivity index (χ4v) is 5.68. The van der Waals surface area contributed by atoms with Crippen LogP contribution in [-0.2, 0) is 17.3 Å². The Balaban J connectivity index is 1.11. The molecule has 0 atom stereocenters. The molecule has 3 aromatic rings. The van der Waals surface area contributed by atoms with E-state index in [4.69, 9.17) is 9.15 Å². The minimum atomic E-state index is -4.89. The molecular weight excluding hydrogens is 553 g/mol. The normalized spacial score (nSPS) is 17.7.